The van der Waals surface area contributed by atoms with E-state index in [4.69, 9.17) is 0 Å². The van der Waals surface area contributed by atoms with Crippen molar-refractivity contribution < 1.29 is 4.79 Å². The molecule has 1 aliphatic rings. The van der Waals surface area contributed by atoms with E-state index in [1.165, 1.54) is 11.5 Å². The summed E-state index contributed by atoms with van der Waals surface area (Å²) in [4.78, 5) is 15.0. The molecule has 0 unspecified atom stereocenters. The third-order valence-corrected chi connectivity index (χ3v) is 4.24. The molecule has 1 aliphatic heterocycles. The van der Waals surface area contributed by atoms with Crippen molar-refractivity contribution in [1.82, 2.24) is 19.8 Å². The fourth-order valence-electron chi connectivity index (χ4n) is 2.37. The molecule has 0 aliphatic carbocycles. The van der Waals surface area contributed by atoms with Crippen LogP contribution < -0.4 is 5.32 Å². The molecule has 0 spiro atoms. The van der Waals surface area contributed by atoms with Gasteiger partial charge in [0.25, 0.3) is 5.91 Å². The molecule has 1 aromatic rings. The number of nitrogens with one attached hydrogen (secondary N) is 1. The second-order valence-corrected chi connectivity index (χ2v) is 5.45. The minimum Gasteiger partial charge on any atom is -0.338 e. The Bertz CT molecular complexity index is 404. The lowest BCUT2D eigenvalue weighted by molar-refractivity contribution is 0.0694. The Morgan fingerprint density at radius 3 is 2.74 bits per heavy atom. The van der Waals surface area contributed by atoms with Crippen molar-refractivity contribution in [2.75, 3.05) is 26.7 Å². The number of piperidine rings is 1. The van der Waals surface area contributed by atoms with Gasteiger partial charge < -0.3 is 10.2 Å². The maximum Gasteiger partial charge on any atom is 0.267 e. The van der Waals surface area contributed by atoms with Crippen molar-refractivity contribution in [3.8, 4) is 0 Å². The summed E-state index contributed by atoms with van der Waals surface area (Å²) in [6.07, 6.45) is 2.94. The van der Waals surface area contributed by atoms with Gasteiger partial charge in [-0.2, -0.15) is 0 Å². The number of hydrogen-bond donors (Lipinski definition) is 1. The highest BCUT2D eigenvalue weighted by atomic mass is 35.5. The SMILES string of the molecule is CCc1nnsc1C(=O)N1CCC(CNC)CC1.Cl. The van der Waals surface area contributed by atoms with E-state index in [1.54, 1.807) is 0 Å². The highest BCUT2D eigenvalue weighted by Crippen LogP contribution is 2.21. The van der Waals surface area contributed by atoms with Crippen LogP contribution in [-0.2, 0) is 6.42 Å². The zero-order valence-corrected chi connectivity index (χ0v) is 13.0. The molecule has 7 heteroatoms. The van der Waals surface area contributed by atoms with Gasteiger partial charge in [0.2, 0.25) is 0 Å². The predicted molar refractivity (Wildman–Crippen MR) is 79.1 cm³/mol. The summed E-state index contributed by atoms with van der Waals surface area (Å²) >= 11 is 1.22. The second kappa shape index (κ2) is 7.77. The van der Waals surface area contributed by atoms with E-state index < -0.39 is 0 Å². The molecular formula is C12H21ClN4OS. The van der Waals surface area contributed by atoms with Crippen LogP contribution in [0.4, 0.5) is 0 Å². The number of amides is 1. The summed E-state index contributed by atoms with van der Waals surface area (Å²) in [5, 5.41) is 7.21. The number of nitrogens with zero attached hydrogens (tertiary/aromatic N) is 3. The number of rotatable bonds is 4. The van der Waals surface area contributed by atoms with Crippen molar-refractivity contribution in [3.63, 3.8) is 0 Å². The number of hydrogen-bond acceptors (Lipinski definition) is 5. The van der Waals surface area contributed by atoms with Gasteiger partial charge in [0.1, 0.15) is 4.88 Å². The fourth-order valence-corrected chi connectivity index (χ4v) is 3.09. The van der Waals surface area contributed by atoms with Gasteiger partial charge in [0.05, 0.1) is 5.69 Å². The van der Waals surface area contributed by atoms with Crippen LogP contribution in [-0.4, -0.2) is 47.1 Å². The van der Waals surface area contributed by atoms with Crippen molar-refractivity contribution in [2.24, 2.45) is 5.92 Å². The standard InChI is InChI=1S/C12H20N4OS.ClH/c1-3-10-11(18-15-14-10)12(17)16-6-4-9(5-7-16)8-13-2;/h9,13H,3-8H2,1-2H3;1H. The number of carbonyl (C=O) groups excluding carboxylic acids is 1. The molecule has 1 N–H and O–H groups in total. The van der Waals surface area contributed by atoms with Crippen LogP contribution in [0, 0.1) is 5.92 Å². The van der Waals surface area contributed by atoms with Crippen LogP contribution in [0.25, 0.3) is 0 Å². The lowest BCUT2D eigenvalue weighted by Gasteiger charge is -2.31. The summed E-state index contributed by atoms with van der Waals surface area (Å²) in [5.41, 5.74) is 0.836. The quantitative estimate of drug-likeness (QED) is 0.918. The van der Waals surface area contributed by atoms with Gasteiger partial charge in [-0.05, 0) is 50.3 Å². The molecule has 5 nitrogen and oxygen atoms in total. The molecule has 1 aromatic heterocycles. The van der Waals surface area contributed by atoms with Gasteiger partial charge in [-0.3, -0.25) is 4.79 Å². The summed E-state index contributed by atoms with van der Waals surface area (Å²) in [6.45, 7) is 4.76. The van der Waals surface area contributed by atoms with E-state index in [-0.39, 0.29) is 18.3 Å². The van der Waals surface area contributed by atoms with Crippen LogP contribution in [0.1, 0.15) is 35.1 Å². The van der Waals surface area contributed by atoms with E-state index in [1.807, 2.05) is 18.9 Å². The average Bonchev–Trinajstić information content (AvgIpc) is 2.87. The van der Waals surface area contributed by atoms with Crippen LogP contribution in [0.15, 0.2) is 0 Å². The summed E-state index contributed by atoms with van der Waals surface area (Å²) in [6, 6.07) is 0. The first-order chi connectivity index (χ1) is 8.76. The summed E-state index contributed by atoms with van der Waals surface area (Å²) in [7, 11) is 1.98. The third-order valence-electron chi connectivity index (χ3n) is 3.48. The molecule has 2 heterocycles. The zero-order valence-electron chi connectivity index (χ0n) is 11.4. The molecule has 1 saturated heterocycles. The number of likely N-dealkylation sites (tertiary alicyclic amines) is 1. The molecule has 19 heavy (non-hydrogen) atoms. The highest BCUT2D eigenvalue weighted by molar-refractivity contribution is 7.08. The minimum absolute atomic E-state index is 0. The van der Waals surface area contributed by atoms with Crippen LogP contribution >= 0.6 is 23.9 Å². The molecule has 0 aromatic carbocycles. The largest absolute Gasteiger partial charge is 0.338 e. The van der Waals surface area contributed by atoms with E-state index in [0.29, 0.717) is 5.92 Å². The van der Waals surface area contributed by atoms with Crippen LogP contribution in [0.2, 0.25) is 0 Å². The lowest BCUT2D eigenvalue weighted by atomic mass is 9.96. The number of aryl methyl sites for hydroxylation is 1. The van der Waals surface area contributed by atoms with E-state index in [0.717, 1.165) is 49.5 Å². The molecule has 0 radical (unpaired) electrons. The van der Waals surface area contributed by atoms with Crippen molar-refractivity contribution >= 4 is 29.8 Å². The average molecular weight is 305 g/mol. The van der Waals surface area contributed by atoms with Gasteiger partial charge in [-0.15, -0.1) is 17.5 Å². The summed E-state index contributed by atoms with van der Waals surface area (Å²) in [5.74, 6) is 0.814. The molecular weight excluding hydrogens is 284 g/mol. The van der Waals surface area contributed by atoms with Gasteiger partial charge in [0.15, 0.2) is 0 Å². The lowest BCUT2D eigenvalue weighted by Crippen LogP contribution is -2.40. The van der Waals surface area contributed by atoms with Gasteiger partial charge in [-0.25, -0.2) is 0 Å². The van der Waals surface area contributed by atoms with E-state index in [2.05, 4.69) is 14.9 Å². The fraction of sp³-hybridized carbons (Fsp3) is 0.750. The monoisotopic (exact) mass is 304 g/mol. The molecule has 1 fully saturated rings. The first-order valence-corrected chi connectivity index (χ1v) is 7.28. The van der Waals surface area contributed by atoms with E-state index >= 15 is 0 Å². The molecule has 1 amide bonds. The number of carbonyl (C=O) groups is 1. The summed E-state index contributed by atoms with van der Waals surface area (Å²) < 4.78 is 3.89. The van der Waals surface area contributed by atoms with Gasteiger partial charge in [-0.1, -0.05) is 11.4 Å². The van der Waals surface area contributed by atoms with Gasteiger partial charge in [0, 0.05) is 13.1 Å². The maximum atomic E-state index is 12.3. The Labute approximate surface area is 124 Å². The van der Waals surface area contributed by atoms with Crippen molar-refractivity contribution in [2.45, 2.75) is 26.2 Å². The minimum atomic E-state index is 0. The smallest absolute Gasteiger partial charge is 0.267 e. The molecule has 2 rings (SSSR count). The molecule has 0 saturated carbocycles. The Balaban J connectivity index is 0.00000180. The van der Waals surface area contributed by atoms with Crippen LogP contribution in [0.5, 0.6) is 0 Å². The predicted octanol–water partition coefficient (Wildman–Crippen LogP) is 1.59. The highest BCUT2D eigenvalue weighted by Gasteiger charge is 2.26. The first kappa shape index (κ1) is 16.3. The second-order valence-electron chi connectivity index (χ2n) is 4.70. The number of aromatic nitrogens is 2. The van der Waals surface area contributed by atoms with Crippen molar-refractivity contribution in [3.05, 3.63) is 10.6 Å². The topological polar surface area (TPSA) is 58.1 Å². The number of halogens is 1. The normalized spacial score (nSPS) is 16.2. The maximum absolute atomic E-state index is 12.3. The molecule has 108 valence electrons. The molecule has 0 bridgehead atoms. The Hall–Kier alpha value is -0.720. The third kappa shape index (κ3) is 3.87. The Kier molecular flexibility index (Phi) is 6.68. The molecule has 0 atom stereocenters. The van der Waals surface area contributed by atoms with Crippen LogP contribution in [0.3, 0.4) is 0 Å². The van der Waals surface area contributed by atoms with Crippen molar-refractivity contribution in [1.29, 1.82) is 0 Å². The first-order valence-electron chi connectivity index (χ1n) is 6.51. The van der Waals surface area contributed by atoms with Gasteiger partial charge >= 0.3 is 0 Å². The Morgan fingerprint density at radius 2 is 2.16 bits per heavy atom. The Morgan fingerprint density at radius 1 is 1.47 bits per heavy atom. The van der Waals surface area contributed by atoms with E-state index in [9.17, 15) is 4.79 Å². The zero-order chi connectivity index (χ0) is 13.0.